The number of benzene rings is 1. The lowest BCUT2D eigenvalue weighted by Gasteiger charge is -2.18. The molecule has 0 aromatic heterocycles. The number of ether oxygens (including phenoxy) is 1. The number of carbonyl (C=O) groups excluding carboxylic acids is 2. The normalized spacial score (nSPS) is 9.81. The molecule has 0 atom stereocenters. The molecule has 7 nitrogen and oxygen atoms in total. The van der Waals surface area contributed by atoms with Crippen LogP contribution in [0.1, 0.15) is 23.7 Å². The van der Waals surface area contributed by atoms with Crippen molar-refractivity contribution in [2.24, 2.45) is 0 Å². The quantitative estimate of drug-likeness (QED) is 0.780. The van der Waals surface area contributed by atoms with Crippen molar-refractivity contribution in [3.63, 3.8) is 0 Å². The standard InChI is InChI=1S/C14H18N2O5/c1-3-21-12(17)8-9-16(2)14(20)15-11-7-5-4-6-10(11)13(18)19/h4-7H,3,8-9H2,1-2H3,(H,15,20)(H,18,19). The predicted octanol–water partition coefficient (Wildman–Crippen LogP) is 1.80. The molecule has 1 rings (SSSR count). The number of urea groups is 1. The lowest BCUT2D eigenvalue weighted by molar-refractivity contribution is -0.143. The highest BCUT2D eigenvalue weighted by atomic mass is 16.5. The summed E-state index contributed by atoms with van der Waals surface area (Å²) in [6.45, 7) is 2.18. The second-order valence-electron chi connectivity index (χ2n) is 4.26. The number of rotatable bonds is 6. The number of aromatic carboxylic acids is 1. The molecule has 0 saturated carbocycles. The summed E-state index contributed by atoms with van der Waals surface area (Å²) in [5, 5.41) is 11.5. The van der Waals surface area contributed by atoms with E-state index >= 15 is 0 Å². The Morgan fingerprint density at radius 3 is 2.57 bits per heavy atom. The van der Waals surface area contributed by atoms with Gasteiger partial charge in [-0.1, -0.05) is 12.1 Å². The number of amides is 2. The molecule has 21 heavy (non-hydrogen) atoms. The van der Waals surface area contributed by atoms with Crippen LogP contribution in [0.15, 0.2) is 24.3 Å². The van der Waals surface area contributed by atoms with Crippen LogP contribution in [0.2, 0.25) is 0 Å². The van der Waals surface area contributed by atoms with Gasteiger partial charge in [0, 0.05) is 13.6 Å². The Balaban J connectivity index is 2.60. The van der Waals surface area contributed by atoms with Crippen LogP contribution in [0.25, 0.3) is 0 Å². The number of nitrogens with one attached hydrogen (secondary N) is 1. The molecule has 1 aromatic carbocycles. The third kappa shape index (κ3) is 5.13. The zero-order valence-electron chi connectivity index (χ0n) is 12.0. The second kappa shape index (κ2) is 7.88. The molecule has 114 valence electrons. The number of esters is 1. The van der Waals surface area contributed by atoms with Crippen molar-refractivity contribution in [3.8, 4) is 0 Å². The van der Waals surface area contributed by atoms with Crippen LogP contribution >= 0.6 is 0 Å². The molecular formula is C14H18N2O5. The number of carboxylic acid groups (broad SMARTS) is 1. The van der Waals surface area contributed by atoms with Gasteiger partial charge >= 0.3 is 18.0 Å². The molecule has 2 N–H and O–H groups in total. The van der Waals surface area contributed by atoms with E-state index in [0.29, 0.717) is 6.61 Å². The van der Waals surface area contributed by atoms with E-state index in [1.54, 1.807) is 19.1 Å². The highest BCUT2D eigenvalue weighted by Crippen LogP contribution is 2.15. The molecule has 0 fully saturated rings. The number of carboxylic acids is 1. The van der Waals surface area contributed by atoms with E-state index in [-0.39, 0.29) is 30.2 Å². The van der Waals surface area contributed by atoms with E-state index in [2.05, 4.69) is 5.32 Å². The van der Waals surface area contributed by atoms with Crippen molar-refractivity contribution in [2.45, 2.75) is 13.3 Å². The summed E-state index contributed by atoms with van der Waals surface area (Å²) in [4.78, 5) is 35.5. The minimum atomic E-state index is -1.12. The minimum absolute atomic E-state index is 0.00430. The molecule has 0 aliphatic carbocycles. The monoisotopic (exact) mass is 294 g/mol. The fourth-order valence-electron chi connectivity index (χ4n) is 1.58. The number of nitrogens with zero attached hydrogens (tertiary/aromatic N) is 1. The van der Waals surface area contributed by atoms with Gasteiger partial charge in [-0.05, 0) is 19.1 Å². The average Bonchev–Trinajstić information content (AvgIpc) is 2.45. The van der Waals surface area contributed by atoms with Crippen molar-refractivity contribution in [1.82, 2.24) is 4.90 Å². The highest BCUT2D eigenvalue weighted by molar-refractivity contribution is 5.99. The van der Waals surface area contributed by atoms with Gasteiger partial charge in [0.05, 0.1) is 24.3 Å². The number of carbonyl (C=O) groups is 3. The van der Waals surface area contributed by atoms with Crippen molar-refractivity contribution in [3.05, 3.63) is 29.8 Å². The number of hydrogen-bond acceptors (Lipinski definition) is 4. The number of para-hydroxylation sites is 1. The van der Waals surface area contributed by atoms with Crippen LogP contribution in [0.5, 0.6) is 0 Å². The molecule has 7 heteroatoms. The molecular weight excluding hydrogens is 276 g/mol. The first kappa shape index (κ1) is 16.5. The zero-order chi connectivity index (χ0) is 15.8. The molecule has 2 amide bonds. The maximum atomic E-state index is 11.9. The SMILES string of the molecule is CCOC(=O)CCN(C)C(=O)Nc1ccccc1C(=O)O. The Bertz CT molecular complexity index is 530. The summed E-state index contributed by atoms with van der Waals surface area (Å²) in [7, 11) is 1.51. The van der Waals surface area contributed by atoms with E-state index in [9.17, 15) is 14.4 Å². The molecule has 0 aliphatic rings. The molecule has 0 radical (unpaired) electrons. The molecule has 0 heterocycles. The third-order valence-corrected chi connectivity index (χ3v) is 2.70. The lowest BCUT2D eigenvalue weighted by Crippen LogP contribution is -2.33. The lowest BCUT2D eigenvalue weighted by atomic mass is 10.2. The van der Waals surface area contributed by atoms with Gasteiger partial charge in [0.25, 0.3) is 0 Å². The van der Waals surface area contributed by atoms with Gasteiger partial charge in [-0.3, -0.25) is 4.79 Å². The molecule has 1 aromatic rings. The van der Waals surface area contributed by atoms with Crippen molar-refractivity contribution >= 4 is 23.7 Å². The zero-order valence-corrected chi connectivity index (χ0v) is 12.0. The maximum absolute atomic E-state index is 11.9. The molecule has 0 spiro atoms. The van der Waals surface area contributed by atoms with E-state index in [1.807, 2.05) is 0 Å². The van der Waals surface area contributed by atoms with Gasteiger partial charge in [0.15, 0.2) is 0 Å². The van der Waals surface area contributed by atoms with E-state index < -0.39 is 12.0 Å². The number of anilines is 1. The van der Waals surface area contributed by atoms with Gasteiger partial charge < -0.3 is 20.1 Å². The first-order valence-corrected chi connectivity index (χ1v) is 6.45. The average molecular weight is 294 g/mol. The summed E-state index contributed by atoms with van der Waals surface area (Å²) >= 11 is 0. The Labute approximate surface area is 122 Å². The van der Waals surface area contributed by atoms with Gasteiger partial charge in [-0.15, -0.1) is 0 Å². The summed E-state index contributed by atoms with van der Waals surface area (Å²) in [6, 6.07) is 5.61. The molecule has 0 saturated heterocycles. The van der Waals surface area contributed by atoms with Crippen LogP contribution in [-0.2, 0) is 9.53 Å². The fourth-order valence-corrected chi connectivity index (χ4v) is 1.58. The van der Waals surface area contributed by atoms with Crippen LogP contribution in [-0.4, -0.2) is 48.2 Å². The smallest absolute Gasteiger partial charge is 0.337 e. The van der Waals surface area contributed by atoms with Crippen LogP contribution in [0.3, 0.4) is 0 Å². The summed E-state index contributed by atoms with van der Waals surface area (Å²) in [6.07, 6.45) is 0.0817. The minimum Gasteiger partial charge on any atom is -0.478 e. The molecule has 0 bridgehead atoms. The number of hydrogen-bond donors (Lipinski definition) is 2. The van der Waals surface area contributed by atoms with Crippen LogP contribution in [0.4, 0.5) is 10.5 Å². The second-order valence-corrected chi connectivity index (χ2v) is 4.26. The van der Waals surface area contributed by atoms with Crippen LogP contribution < -0.4 is 5.32 Å². The van der Waals surface area contributed by atoms with Crippen molar-refractivity contribution in [2.75, 3.05) is 25.5 Å². The first-order valence-electron chi connectivity index (χ1n) is 6.45. The summed E-state index contributed by atoms with van der Waals surface area (Å²) in [5.41, 5.74) is 0.211. The van der Waals surface area contributed by atoms with Crippen molar-refractivity contribution in [1.29, 1.82) is 0 Å². The van der Waals surface area contributed by atoms with Gasteiger partial charge in [0.2, 0.25) is 0 Å². The largest absolute Gasteiger partial charge is 0.478 e. The maximum Gasteiger partial charge on any atom is 0.337 e. The molecule has 0 aliphatic heterocycles. The van der Waals surface area contributed by atoms with E-state index in [0.717, 1.165) is 0 Å². The first-order chi connectivity index (χ1) is 9.95. The van der Waals surface area contributed by atoms with Gasteiger partial charge in [-0.2, -0.15) is 0 Å². The fraction of sp³-hybridized carbons (Fsp3) is 0.357. The van der Waals surface area contributed by atoms with Crippen molar-refractivity contribution < 1.29 is 24.2 Å². The Morgan fingerprint density at radius 2 is 1.95 bits per heavy atom. The summed E-state index contributed by atoms with van der Waals surface area (Å²) in [5.74, 6) is -1.51. The van der Waals surface area contributed by atoms with E-state index in [1.165, 1.54) is 24.1 Å². The topological polar surface area (TPSA) is 95.9 Å². The van der Waals surface area contributed by atoms with E-state index in [4.69, 9.17) is 9.84 Å². The Morgan fingerprint density at radius 1 is 1.29 bits per heavy atom. The summed E-state index contributed by atoms with van der Waals surface area (Å²) < 4.78 is 4.77. The molecule has 0 unspecified atom stereocenters. The van der Waals surface area contributed by atoms with Crippen LogP contribution in [0, 0.1) is 0 Å². The highest BCUT2D eigenvalue weighted by Gasteiger charge is 2.15. The van der Waals surface area contributed by atoms with Gasteiger partial charge in [-0.25, -0.2) is 9.59 Å². The predicted molar refractivity (Wildman–Crippen MR) is 76.3 cm³/mol. The Kier molecular flexibility index (Phi) is 6.19. The van der Waals surface area contributed by atoms with Gasteiger partial charge in [0.1, 0.15) is 0 Å². The third-order valence-electron chi connectivity index (χ3n) is 2.70. The Hall–Kier alpha value is -2.57.